The first-order valence-corrected chi connectivity index (χ1v) is 6.38. The number of aliphatic hydroxyl groups is 1. The van der Waals surface area contributed by atoms with E-state index in [1.807, 2.05) is 6.92 Å². The van der Waals surface area contributed by atoms with E-state index < -0.39 is 18.2 Å². The van der Waals surface area contributed by atoms with Crippen LogP contribution < -0.4 is 4.90 Å². The van der Waals surface area contributed by atoms with E-state index >= 15 is 0 Å². The molecule has 0 heterocycles. The lowest BCUT2D eigenvalue weighted by Crippen LogP contribution is -2.39. The lowest BCUT2D eigenvalue weighted by molar-refractivity contribution is 0.170. The summed E-state index contributed by atoms with van der Waals surface area (Å²) in [5, 5.41) is 8.96. The van der Waals surface area contributed by atoms with Crippen LogP contribution in [0.3, 0.4) is 0 Å². The van der Waals surface area contributed by atoms with E-state index in [1.165, 1.54) is 14.2 Å². The fraction of sp³-hybridized carbons (Fsp3) is 0.571. The number of benzene rings is 1. The molecule has 0 fully saturated rings. The van der Waals surface area contributed by atoms with Gasteiger partial charge in [0.25, 0.3) is 0 Å². The second kappa shape index (κ2) is 8.14. The van der Waals surface area contributed by atoms with Gasteiger partial charge in [-0.3, -0.25) is 0 Å². The Labute approximate surface area is 117 Å². The van der Waals surface area contributed by atoms with E-state index in [0.717, 1.165) is 12.1 Å². The number of rotatable bonds is 8. The molecule has 1 unspecified atom stereocenters. The molecule has 1 aromatic rings. The summed E-state index contributed by atoms with van der Waals surface area (Å²) in [6.45, 7) is 2.43. The van der Waals surface area contributed by atoms with Gasteiger partial charge in [-0.25, -0.2) is 8.78 Å². The van der Waals surface area contributed by atoms with Gasteiger partial charge in [0.2, 0.25) is 0 Å². The molecule has 1 N–H and O–H groups in total. The molecule has 20 heavy (non-hydrogen) atoms. The summed E-state index contributed by atoms with van der Waals surface area (Å²) >= 11 is 0. The van der Waals surface area contributed by atoms with E-state index in [4.69, 9.17) is 14.6 Å². The van der Waals surface area contributed by atoms with Crippen molar-refractivity contribution < 1.29 is 23.4 Å². The molecule has 0 spiro atoms. The minimum absolute atomic E-state index is 0.121. The smallest absolute Gasteiger partial charge is 0.149 e. The first-order valence-electron chi connectivity index (χ1n) is 6.38. The van der Waals surface area contributed by atoms with E-state index in [2.05, 4.69) is 0 Å². The summed E-state index contributed by atoms with van der Waals surface area (Å²) in [6, 6.07) is 2.06. The quantitative estimate of drug-likeness (QED) is 0.794. The number of nitrogens with zero attached hydrogens (tertiary/aromatic N) is 1. The number of hydrogen-bond acceptors (Lipinski definition) is 4. The zero-order chi connectivity index (χ0) is 15.1. The molecule has 0 saturated heterocycles. The highest BCUT2D eigenvalue weighted by atomic mass is 19.1. The largest absolute Gasteiger partial charge is 0.392 e. The molecule has 1 rings (SSSR count). The normalized spacial score (nSPS) is 12.5. The fourth-order valence-corrected chi connectivity index (χ4v) is 2.06. The van der Waals surface area contributed by atoms with Crippen LogP contribution in [0, 0.1) is 11.6 Å². The van der Waals surface area contributed by atoms with Gasteiger partial charge >= 0.3 is 0 Å². The summed E-state index contributed by atoms with van der Waals surface area (Å²) in [5.74, 6) is -1.40. The molecule has 0 aliphatic rings. The Morgan fingerprint density at radius 1 is 1.20 bits per heavy atom. The summed E-state index contributed by atoms with van der Waals surface area (Å²) in [5.41, 5.74) is 0.0821. The minimum Gasteiger partial charge on any atom is -0.392 e. The Bertz CT molecular complexity index is 406. The van der Waals surface area contributed by atoms with E-state index in [-0.39, 0.29) is 17.3 Å². The van der Waals surface area contributed by atoms with Crippen LogP contribution in [0.5, 0.6) is 0 Å². The highest BCUT2D eigenvalue weighted by molar-refractivity contribution is 5.51. The Kier molecular flexibility index (Phi) is 6.84. The number of hydrogen-bond donors (Lipinski definition) is 1. The number of ether oxygens (including phenoxy) is 2. The van der Waals surface area contributed by atoms with E-state index in [9.17, 15) is 8.78 Å². The zero-order valence-corrected chi connectivity index (χ0v) is 12.0. The topological polar surface area (TPSA) is 41.9 Å². The molecule has 0 saturated carbocycles. The van der Waals surface area contributed by atoms with Crippen molar-refractivity contribution in [2.24, 2.45) is 0 Å². The molecular formula is C14H21F2NO3. The molecule has 0 amide bonds. The number of halogens is 2. The van der Waals surface area contributed by atoms with Crippen molar-refractivity contribution in [3.63, 3.8) is 0 Å². The summed E-state index contributed by atoms with van der Waals surface area (Å²) in [6.07, 6.45) is 0. The van der Waals surface area contributed by atoms with Crippen molar-refractivity contribution in [3.8, 4) is 0 Å². The molecule has 1 atom stereocenters. The first-order chi connectivity index (χ1) is 9.54. The molecule has 114 valence electrons. The summed E-state index contributed by atoms with van der Waals surface area (Å²) < 4.78 is 38.2. The second-order valence-electron chi connectivity index (χ2n) is 4.56. The second-order valence-corrected chi connectivity index (χ2v) is 4.56. The summed E-state index contributed by atoms with van der Waals surface area (Å²) in [7, 11) is 3.06. The van der Waals surface area contributed by atoms with Crippen molar-refractivity contribution in [3.05, 3.63) is 29.3 Å². The van der Waals surface area contributed by atoms with Crippen molar-refractivity contribution in [1.29, 1.82) is 0 Å². The molecule has 0 radical (unpaired) electrons. The van der Waals surface area contributed by atoms with Crippen LogP contribution in [-0.2, 0) is 16.1 Å². The van der Waals surface area contributed by atoms with Gasteiger partial charge in [-0.15, -0.1) is 0 Å². The third kappa shape index (κ3) is 4.13. The lowest BCUT2D eigenvalue weighted by atomic mass is 10.1. The van der Waals surface area contributed by atoms with Gasteiger partial charge in [0.15, 0.2) is 0 Å². The Hall–Kier alpha value is -1.24. The number of methoxy groups -OCH3 is 2. The van der Waals surface area contributed by atoms with Crippen LogP contribution in [0.25, 0.3) is 0 Å². The van der Waals surface area contributed by atoms with Gasteiger partial charge in [-0.05, 0) is 24.6 Å². The van der Waals surface area contributed by atoms with Gasteiger partial charge in [0.1, 0.15) is 17.3 Å². The molecule has 4 nitrogen and oxygen atoms in total. The van der Waals surface area contributed by atoms with E-state index in [0.29, 0.717) is 19.8 Å². The molecule has 0 aliphatic heterocycles. The molecule has 0 bridgehead atoms. The SMILES string of the molecule is COCCN(c1c(F)cc(CO)cc1F)C(C)COC. The molecule has 6 heteroatoms. The average molecular weight is 289 g/mol. The van der Waals surface area contributed by atoms with Crippen molar-refractivity contribution in [2.75, 3.05) is 38.9 Å². The predicted molar refractivity (Wildman–Crippen MR) is 72.8 cm³/mol. The predicted octanol–water partition coefficient (Wildman–Crippen LogP) is 1.94. The molecular weight excluding hydrogens is 268 g/mol. The summed E-state index contributed by atoms with van der Waals surface area (Å²) in [4.78, 5) is 1.57. The highest BCUT2D eigenvalue weighted by Gasteiger charge is 2.22. The maximum Gasteiger partial charge on any atom is 0.149 e. The van der Waals surface area contributed by atoms with Crippen LogP contribution >= 0.6 is 0 Å². The number of anilines is 1. The van der Waals surface area contributed by atoms with Gasteiger partial charge in [0, 0.05) is 26.8 Å². The van der Waals surface area contributed by atoms with Crippen LogP contribution in [0.15, 0.2) is 12.1 Å². The van der Waals surface area contributed by atoms with Crippen LogP contribution in [0.1, 0.15) is 12.5 Å². The Morgan fingerprint density at radius 2 is 1.80 bits per heavy atom. The van der Waals surface area contributed by atoms with Crippen molar-refractivity contribution in [1.82, 2.24) is 0 Å². The third-order valence-corrected chi connectivity index (χ3v) is 3.02. The standard InChI is InChI=1S/C14H21F2NO3/c1-10(9-20-3)17(4-5-19-2)14-12(15)6-11(8-18)7-13(14)16/h6-7,10,18H,4-5,8-9H2,1-3H3. The van der Waals surface area contributed by atoms with Gasteiger partial charge < -0.3 is 19.5 Å². The van der Waals surface area contributed by atoms with Crippen molar-refractivity contribution in [2.45, 2.75) is 19.6 Å². The van der Waals surface area contributed by atoms with Gasteiger partial charge in [-0.2, -0.15) is 0 Å². The fourth-order valence-electron chi connectivity index (χ4n) is 2.06. The maximum absolute atomic E-state index is 14.1. The van der Waals surface area contributed by atoms with Crippen LogP contribution in [-0.4, -0.2) is 45.1 Å². The van der Waals surface area contributed by atoms with E-state index in [1.54, 1.807) is 4.90 Å². The highest BCUT2D eigenvalue weighted by Crippen LogP contribution is 2.27. The lowest BCUT2D eigenvalue weighted by Gasteiger charge is -2.31. The number of aliphatic hydroxyl groups excluding tert-OH is 1. The zero-order valence-electron chi connectivity index (χ0n) is 12.0. The van der Waals surface area contributed by atoms with Crippen LogP contribution in [0.2, 0.25) is 0 Å². The maximum atomic E-state index is 14.1. The van der Waals surface area contributed by atoms with Crippen molar-refractivity contribution >= 4 is 5.69 Å². The first kappa shape index (κ1) is 16.8. The average Bonchev–Trinajstić information content (AvgIpc) is 2.41. The minimum atomic E-state index is -0.701. The Morgan fingerprint density at radius 3 is 2.25 bits per heavy atom. The molecule has 1 aromatic carbocycles. The molecule has 0 aromatic heterocycles. The van der Waals surface area contributed by atoms with Gasteiger partial charge in [-0.1, -0.05) is 0 Å². The van der Waals surface area contributed by atoms with Crippen LogP contribution in [0.4, 0.5) is 14.5 Å². The van der Waals surface area contributed by atoms with Gasteiger partial charge in [0.05, 0.1) is 19.8 Å². The monoisotopic (exact) mass is 289 g/mol. The Balaban J connectivity index is 3.12. The third-order valence-electron chi connectivity index (χ3n) is 3.02. The molecule has 0 aliphatic carbocycles.